The Labute approximate surface area is 216 Å². The van der Waals surface area contributed by atoms with Gasteiger partial charge in [-0.25, -0.2) is 4.98 Å². The van der Waals surface area contributed by atoms with Gasteiger partial charge in [0.15, 0.2) is 11.5 Å². The molecule has 2 aliphatic heterocycles. The highest BCUT2D eigenvalue weighted by atomic mass is 35.5. The van der Waals surface area contributed by atoms with E-state index in [0.717, 1.165) is 40.8 Å². The molecule has 9 nitrogen and oxygen atoms in total. The Morgan fingerprint density at radius 2 is 1.89 bits per heavy atom. The summed E-state index contributed by atoms with van der Waals surface area (Å²) < 4.78 is 16.1. The number of ether oxygens (including phenoxy) is 3. The molecule has 2 aliphatic rings. The number of hydrogen-bond acceptors (Lipinski definition) is 9. The number of nitrogens with two attached hydrogens (primary N) is 1. The van der Waals surface area contributed by atoms with Gasteiger partial charge in [-0.05, 0) is 55.7 Å². The second-order valence-electron chi connectivity index (χ2n) is 8.20. The molecule has 188 valence electrons. The maximum absolute atomic E-state index is 12.1. The van der Waals surface area contributed by atoms with Gasteiger partial charge in [0.2, 0.25) is 12.7 Å². The summed E-state index contributed by atoms with van der Waals surface area (Å²) in [5.41, 5.74) is 8.56. The van der Waals surface area contributed by atoms with Crippen molar-refractivity contribution in [3.8, 4) is 11.5 Å². The summed E-state index contributed by atoms with van der Waals surface area (Å²) in [6, 6.07) is 11.5. The van der Waals surface area contributed by atoms with Crippen molar-refractivity contribution in [3.63, 3.8) is 0 Å². The molecule has 11 heteroatoms. The predicted octanol–water partition coefficient (Wildman–Crippen LogP) is 4.18. The number of carbonyl (C=O) groups is 1. The number of rotatable bonds is 6. The van der Waals surface area contributed by atoms with E-state index in [1.165, 1.54) is 0 Å². The third-order valence-corrected chi connectivity index (χ3v) is 6.00. The summed E-state index contributed by atoms with van der Waals surface area (Å²) in [6.07, 6.45) is 1.45. The molecule has 3 heterocycles. The van der Waals surface area contributed by atoms with Gasteiger partial charge in [0.05, 0.1) is 18.0 Å². The van der Waals surface area contributed by atoms with Crippen LogP contribution in [0.1, 0.15) is 25.3 Å². The molecule has 3 N–H and O–H groups in total. The Kier molecular flexibility index (Phi) is 8.69. The highest BCUT2D eigenvalue weighted by molar-refractivity contribution is 5.92. The maximum Gasteiger partial charge on any atom is 0.309 e. The van der Waals surface area contributed by atoms with Gasteiger partial charge >= 0.3 is 5.97 Å². The van der Waals surface area contributed by atoms with Crippen LogP contribution in [0.4, 0.5) is 17.5 Å². The number of esters is 1. The number of piperidine rings is 1. The molecule has 1 saturated heterocycles. The molecule has 5 rings (SSSR count). The molecule has 0 atom stereocenters. The zero-order valence-corrected chi connectivity index (χ0v) is 21.0. The van der Waals surface area contributed by atoms with Crippen LogP contribution in [0.3, 0.4) is 0 Å². The molecule has 0 saturated carbocycles. The minimum absolute atomic E-state index is 0. The molecule has 0 bridgehead atoms. The van der Waals surface area contributed by atoms with E-state index in [9.17, 15) is 4.79 Å². The Morgan fingerprint density at radius 1 is 1.11 bits per heavy atom. The lowest BCUT2D eigenvalue weighted by Crippen LogP contribution is -2.38. The topological polar surface area (TPSA) is 112 Å². The summed E-state index contributed by atoms with van der Waals surface area (Å²) in [4.78, 5) is 23.8. The van der Waals surface area contributed by atoms with E-state index in [1.54, 1.807) is 0 Å². The zero-order chi connectivity index (χ0) is 22.8. The minimum atomic E-state index is -0.113. The number of fused-ring (bicyclic) bond motifs is 2. The van der Waals surface area contributed by atoms with Gasteiger partial charge in [-0.15, -0.1) is 24.8 Å². The summed E-state index contributed by atoms with van der Waals surface area (Å²) in [7, 11) is 0. The van der Waals surface area contributed by atoms with Gasteiger partial charge in [0.25, 0.3) is 0 Å². The van der Waals surface area contributed by atoms with Crippen LogP contribution in [-0.2, 0) is 16.1 Å². The van der Waals surface area contributed by atoms with Crippen LogP contribution in [0.5, 0.6) is 11.5 Å². The molecular formula is C24H29Cl2N5O4. The molecule has 1 aromatic heterocycles. The SMILES string of the molecule is CCOC(=O)C1CCN(c2nc(NCc3ccc4c(c3)OCO4)c3cc(N)ccc3n2)CC1.Cl.Cl. The van der Waals surface area contributed by atoms with Gasteiger partial charge in [-0.1, -0.05) is 6.07 Å². The van der Waals surface area contributed by atoms with E-state index in [4.69, 9.17) is 29.9 Å². The predicted molar refractivity (Wildman–Crippen MR) is 140 cm³/mol. The number of aromatic nitrogens is 2. The van der Waals surface area contributed by atoms with Crippen molar-refractivity contribution < 1.29 is 19.0 Å². The van der Waals surface area contributed by atoms with E-state index >= 15 is 0 Å². The normalized spacial score (nSPS) is 14.7. The van der Waals surface area contributed by atoms with Crippen LogP contribution >= 0.6 is 24.8 Å². The van der Waals surface area contributed by atoms with E-state index in [-0.39, 0.29) is 43.5 Å². The van der Waals surface area contributed by atoms with E-state index in [1.807, 2.05) is 43.3 Å². The van der Waals surface area contributed by atoms with Crippen molar-refractivity contribution in [1.82, 2.24) is 9.97 Å². The third-order valence-electron chi connectivity index (χ3n) is 6.00. The first-order chi connectivity index (χ1) is 16.1. The molecular weight excluding hydrogens is 493 g/mol. The maximum atomic E-state index is 12.1. The van der Waals surface area contributed by atoms with Gasteiger partial charge in [0.1, 0.15) is 5.82 Å². The highest BCUT2D eigenvalue weighted by Crippen LogP contribution is 2.33. The molecule has 0 radical (unpaired) electrons. The lowest BCUT2D eigenvalue weighted by atomic mass is 9.97. The van der Waals surface area contributed by atoms with Crippen molar-refractivity contribution >= 4 is 59.1 Å². The number of nitrogens with one attached hydrogen (secondary N) is 1. The van der Waals surface area contributed by atoms with Crippen molar-refractivity contribution in [3.05, 3.63) is 42.0 Å². The Morgan fingerprint density at radius 3 is 2.66 bits per heavy atom. The summed E-state index contributed by atoms with van der Waals surface area (Å²) >= 11 is 0. The molecule has 0 amide bonds. The largest absolute Gasteiger partial charge is 0.466 e. The van der Waals surface area contributed by atoms with Crippen molar-refractivity contribution in [2.45, 2.75) is 26.3 Å². The summed E-state index contributed by atoms with van der Waals surface area (Å²) in [5.74, 6) is 2.68. The zero-order valence-electron chi connectivity index (χ0n) is 19.4. The standard InChI is InChI=1S/C24H27N5O4.2ClH/c1-2-31-23(30)16-7-9-29(10-8-16)24-27-19-5-4-17(25)12-18(19)22(28-24)26-13-15-3-6-20-21(11-15)33-14-32-20;;/h3-6,11-12,16H,2,7-10,13-14,25H2,1H3,(H,26,27,28);2*1H. The van der Waals surface area contributed by atoms with Crippen LogP contribution < -0.4 is 25.4 Å². The van der Waals surface area contributed by atoms with Crippen molar-refractivity contribution in [2.24, 2.45) is 5.92 Å². The fraction of sp³-hybridized carbons (Fsp3) is 0.375. The molecule has 2 aromatic carbocycles. The Balaban J connectivity index is 0.00000171. The molecule has 0 spiro atoms. The van der Waals surface area contributed by atoms with Crippen LogP contribution in [0.25, 0.3) is 10.9 Å². The highest BCUT2D eigenvalue weighted by Gasteiger charge is 2.27. The fourth-order valence-corrected chi connectivity index (χ4v) is 4.22. The molecule has 0 aliphatic carbocycles. The quantitative estimate of drug-likeness (QED) is 0.364. The second-order valence-corrected chi connectivity index (χ2v) is 8.20. The average molecular weight is 522 g/mol. The molecule has 35 heavy (non-hydrogen) atoms. The number of carbonyl (C=O) groups excluding carboxylic acids is 1. The molecule has 0 unspecified atom stereocenters. The van der Waals surface area contributed by atoms with Crippen LogP contribution in [0.15, 0.2) is 36.4 Å². The number of anilines is 3. The van der Waals surface area contributed by atoms with Gasteiger partial charge in [-0.3, -0.25) is 4.79 Å². The first-order valence-electron chi connectivity index (χ1n) is 11.2. The lowest BCUT2D eigenvalue weighted by Gasteiger charge is -2.31. The number of nitrogens with zero attached hydrogens (tertiary/aromatic N) is 3. The van der Waals surface area contributed by atoms with Crippen LogP contribution in [0, 0.1) is 5.92 Å². The van der Waals surface area contributed by atoms with Gasteiger partial charge in [-0.2, -0.15) is 4.98 Å². The van der Waals surface area contributed by atoms with E-state index in [2.05, 4.69) is 10.2 Å². The first-order valence-corrected chi connectivity index (χ1v) is 11.2. The molecule has 1 fully saturated rings. The number of nitrogen functional groups attached to an aromatic ring is 1. The number of benzene rings is 2. The first kappa shape index (κ1) is 26.4. The molecule has 3 aromatic rings. The van der Waals surface area contributed by atoms with Crippen LogP contribution in [-0.4, -0.2) is 42.4 Å². The van der Waals surface area contributed by atoms with E-state index in [0.29, 0.717) is 43.7 Å². The summed E-state index contributed by atoms with van der Waals surface area (Å²) in [5, 5.41) is 4.30. The Bertz CT molecular complexity index is 1190. The minimum Gasteiger partial charge on any atom is -0.466 e. The second kappa shape index (κ2) is 11.5. The van der Waals surface area contributed by atoms with Crippen molar-refractivity contribution in [2.75, 3.05) is 42.4 Å². The summed E-state index contributed by atoms with van der Waals surface area (Å²) in [6.45, 7) is 4.45. The van der Waals surface area contributed by atoms with Gasteiger partial charge in [0, 0.05) is 30.7 Å². The average Bonchev–Trinajstić information content (AvgIpc) is 3.31. The van der Waals surface area contributed by atoms with Crippen LogP contribution in [0.2, 0.25) is 0 Å². The Hall–Kier alpha value is -3.17. The van der Waals surface area contributed by atoms with E-state index < -0.39 is 0 Å². The smallest absolute Gasteiger partial charge is 0.309 e. The fourth-order valence-electron chi connectivity index (χ4n) is 4.22. The number of hydrogen-bond donors (Lipinski definition) is 2. The van der Waals surface area contributed by atoms with Crippen molar-refractivity contribution in [1.29, 1.82) is 0 Å². The monoisotopic (exact) mass is 521 g/mol. The number of halogens is 2. The van der Waals surface area contributed by atoms with Gasteiger partial charge < -0.3 is 30.2 Å². The lowest BCUT2D eigenvalue weighted by molar-refractivity contribution is -0.148. The third kappa shape index (κ3) is 5.74.